The first-order valence-corrected chi connectivity index (χ1v) is 11.7. The van der Waals surface area contributed by atoms with Gasteiger partial charge in [0.15, 0.2) is 0 Å². The number of fused-ring (bicyclic) bond motifs is 5. The minimum absolute atomic E-state index is 0.205. The van der Waals surface area contributed by atoms with Gasteiger partial charge in [-0.05, 0) is 33.2 Å². The molecule has 0 amide bonds. The number of nitrogens with zero attached hydrogens (tertiary/aromatic N) is 1. The molecule has 4 aromatic carbocycles. The summed E-state index contributed by atoms with van der Waals surface area (Å²) in [6.45, 7) is 3.36. The van der Waals surface area contributed by atoms with Gasteiger partial charge in [0.1, 0.15) is 18.7 Å². The maximum absolute atomic E-state index is 11.4. The molecule has 3 fully saturated rings. The summed E-state index contributed by atoms with van der Waals surface area (Å²) in [5, 5.41) is 16.8. The fourth-order valence-electron chi connectivity index (χ4n) is 6.45. The lowest BCUT2D eigenvalue weighted by Gasteiger charge is -2.57. The van der Waals surface area contributed by atoms with E-state index in [1.165, 1.54) is 45.8 Å². The molecule has 3 saturated heterocycles. The molecule has 3 aliphatic rings. The van der Waals surface area contributed by atoms with Gasteiger partial charge in [0.2, 0.25) is 0 Å². The highest BCUT2D eigenvalue weighted by Crippen LogP contribution is 2.43. The molecule has 3 aliphatic heterocycles. The molecule has 3 heterocycles. The van der Waals surface area contributed by atoms with Crippen LogP contribution in [0.25, 0.3) is 21.5 Å². The van der Waals surface area contributed by atoms with Gasteiger partial charge in [-0.2, -0.15) is 0 Å². The van der Waals surface area contributed by atoms with Crippen LogP contribution < -0.4 is 0 Å². The maximum Gasteiger partial charge on any atom is 0.120 e. The fraction of sp³-hybridized carbons (Fsp3) is 0.310. The molecular formula is C29H30NO+. The van der Waals surface area contributed by atoms with Crippen molar-refractivity contribution < 1.29 is 9.59 Å². The summed E-state index contributed by atoms with van der Waals surface area (Å²) in [4.78, 5) is 0. The number of aliphatic hydroxyl groups excluding tert-OH is 1. The van der Waals surface area contributed by atoms with E-state index in [-0.39, 0.29) is 12.1 Å². The Labute approximate surface area is 184 Å². The van der Waals surface area contributed by atoms with Crippen LogP contribution in [0.2, 0.25) is 0 Å². The van der Waals surface area contributed by atoms with Crippen LogP contribution >= 0.6 is 0 Å². The Morgan fingerprint density at radius 2 is 1.32 bits per heavy atom. The molecular weight excluding hydrogens is 378 g/mol. The lowest BCUT2D eigenvalue weighted by atomic mass is 9.75. The van der Waals surface area contributed by atoms with Crippen LogP contribution in [0.15, 0.2) is 84.9 Å². The zero-order chi connectivity index (χ0) is 20.8. The molecule has 2 bridgehead atoms. The first-order valence-electron chi connectivity index (χ1n) is 11.7. The average molecular weight is 409 g/mol. The number of piperidine rings is 3. The van der Waals surface area contributed by atoms with Crippen molar-refractivity contribution in [1.82, 2.24) is 0 Å². The lowest BCUT2D eigenvalue weighted by Crippen LogP contribution is -2.69. The van der Waals surface area contributed by atoms with E-state index in [9.17, 15) is 5.11 Å². The number of rotatable bonds is 4. The van der Waals surface area contributed by atoms with Crippen LogP contribution in [0.3, 0.4) is 0 Å². The zero-order valence-corrected chi connectivity index (χ0v) is 18.0. The van der Waals surface area contributed by atoms with Crippen molar-refractivity contribution >= 4 is 21.5 Å². The van der Waals surface area contributed by atoms with Crippen LogP contribution in [0.1, 0.15) is 24.0 Å². The van der Waals surface area contributed by atoms with Gasteiger partial charge in [0.05, 0.1) is 13.1 Å². The Hall–Kier alpha value is -2.68. The van der Waals surface area contributed by atoms with Gasteiger partial charge in [-0.3, -0.25) is 0 Å². The molecule has 2 atom stereocenters. The molecule has 7 rings (SSSR count). The molecule has 4 aromatic rings. The summed E-state index contributed by atoms with van der Waals surface area (Å²) in [7, 11) is 0. The van der Waals surface area contributed by atoms with Crippen molar-refractivity contribution in [2.45, 2.75) is 38.0 Å². The number of quaternary nitrogens is 1. The van der Waals surface area contributed by atoms with E-state index in [1.54, 1.807) is 0 Å². The highest BCUT2D eigenvalue weighted by molar-refractivity contribution is 6.02. The van der Waals surface area contributed by atoms with E-state index in [2.05, 4.69) is 84.9 Å². The third kappa shape index (κ3) is 3.17. The molecule has 0 unspecified atom stereocenters. The van der Waals surface area contributed by atoms with E-state index in [4.69, 9.17) is 0 Å². The highest BCUT2D eigenvalue weighted by atomic mass is 16.3. The second-order valence-corrected chi connectivity index (χ2v) is 9.71. The van der Waals surface area contributed by atoms with Crippen molar-refractivity contribution in [3.63, 3.8) is 0 Å². The third-order valence-electron chi connectivity index (χ3n) is 8.11. The Morgan fingerprint density at radius 1 is 0.742 bits per heavy atom. The Kier molecular flexibility index (Phi) is 4.59. The summed E-state index contributed by atoms with van der Waals surface area (Å²) in [5.74, 6) is 0.470. The fourth-order valence-corrected chi connectivity index (χ4v) is 6.45. The monoisotopic (exact) mass is 408 g/mol. The Morgan fingerprint density at radius 3 is 1.97 bits per heavy atom. The number of aliphatic hydroxyl groups is 1. The molecule has 0 saturated carbocycles. The first kappa shape index (κ1) is 19.0. The van der Waals surface area contributed by atoms with Crippen molar-refractivity contribution in [1.29, 1.82) is 0 Å². The van der Waals surface area contributed by atoms with Crippen molar-refractivity contribution in [2.75, 3.05) is 13.1 Å². The van der Waals surface area contributed by atoms with Gasteiger partial charge in [-0.15, -0.1) is 0 Å². The van der Waals surface area contributed by atoms with Gasteiger partial charge < -0.3 is 9.59 Å². The van der Waals surface area contributed by atoms with Crippen LogP contribution in [-0.2, 0) is 13.0 Å². The van der Waals surface area contributed by atoms with E-state index >= 15 is 0 Å². The molecule has 0 aromatic heterocycles. The number of benzene rings is 4. The van der Waals surface area contributed by atoms with Crippen LogP contribution in [-0.4, -0.2) is 34.8 Å². The minimum Gasteiger partial charge on any atom is -0.387 e. The lowest BCUT2D eigenvalue weighted by molar-refractivity contribution is -0.981. The molecule has 1 N–H and O–H groups in total. The van der Waals surface area contributed by atoms with Crippen molar-refractivity contribution in [3.8, 4) is 0 Å². The average Bonchev–Trinajstić information content (AvgIpc) is 2.82. The zero-order valence-electron chi connectivity index (χ0n) is 18.0. The predicted octanol–water partition coefficient (Wildman–Crippen LogP) is 5.71. The summed E-state index contributed by atoms with van der Waals surface area (Å²) in [6.07, 6.45) is 3.05. The van der Waals surface area contributed by atoms with Gasteiger partial charge in [0, 0.05) is 30.7 Å². The molecule has 0 radical (unpaired) electrons. The predicted molar refractivity (Wildman–Crippen MR) is 128 cm³/mol. The quantitative estimate of drug-likeness (QED) is 0.339. The third-order valence-corrected chi connectivity index (χ3v) is 8.11. The summed E-state index contributed by atoms with van der Waals surface area (Å²) in [5.41, 5.74) is 2.80. The largest absolute Gasteiger partial charge is 0.387 e. The topological polar surface area (TPSA) is 20.2 Å². The second-order valence-electron chi connectivity index (χ2n) is 9.71. The van der Waals surface area contributed by atoms with Gasteiger partial charge in [-0.25, -0.2) is 0 Å². The smallest absolute Gasteiger partial charge is 0.120 e. The van der Waals surface area contributed by atoms with E-state index in [0.717, 1.165) is 30.3 Å². The molecule has 2 nitrogen and oxygen atoms in total. The molecule has 156 valence electrons. The molecule has 0 spiro atoms. The summed E-state index contributed by atoms with van der Waals surface area (Å²) in [6, 6.07) is 31.0. The van der Waals surface area contributed by atoms with Crippen LogP contribution in [0.4, 0.5) is 0 Å². The number of hydrogen-bond acceptors (Lipinski definition) is 1. The SMILES string of the molecule is O[C@@H]1C2CC[N+](Cc3c4ccccc4cc4ccccc34)(CC2)[C@@H]1Cc1ccccc1. The van der Waals surface area contributed by atoms with Crippen LogP contribution in [0.5, 0.6) is 0 Å². The normalized spacial score (nSPS) is 27.7. The van der Waals surface area contributed by atoms with Gasteiger partial charge in [-0.1, -0.05) is 78.9 Å². The van der Waals surface area contributed by atoms with Gasteiger partial charge in [0.25, 0.3) is 0 Å². The summed E-state index contributed by atoms with van der Waals surface area (Å²) < 4.78 is 1.02. The van der Waals surface area contributed by atoms with E-state index in [1.807, 2.05) is 0 Å². The highest BCUT2D eigenvalue weighted by Gasteiger charge is 2.53. The van der Waals surface area contributed by atoms with Crippen molar-refractivity contribution in [3.05, 3.63) is 96.1 Å². The Bertz CT molecular complexity index is 1170. The van der Waals surface area contributed by atoms with Gasteiger partial charge >= 0.3 is 0 Å². The molecule has 2 heteroatoms. The maximum atomic E-state index is 11.4. The minimum atomic E-state index is -0.205. The standard InChI is InChI=1S/C29H30NO/c31-29-22-14-16-30(17-15-22,28(29)18-21-8-2-1-3-9-21)20-27-25-12-6-4-10-23(25)19-24-11-5-7-13-26(24)27/h1-13,19,22,28-29,31H,14-18,20H2/q+1/t22?,28-,29-,30?/m1/s1. The van der Waals surface area contributed by atoms with Crippen molar-refractivity contribution in [2.24, 2.45) is 5.92 Å². The van der Waals surface area contributed by atoms with Crippen LogP contribution in [0, 0.1) is 5.92 Å². The van der Waals surface area contributed by atoms with E-state index < -0.39 is 0 Å². The van der Waals surface area contributed by atoms with E-state index in [0.29, 0.717) is 5.92 Å². The first-order chi connectivity index (χ1) is 15.2. The number of hydrogen-bond donors (Lipinski definition) is 1. The second kappa shape index (κ2) is 7.47. The Balaban J connectivity index is 1.49. The molecule has 0 aliphatic carbocycles. The summed E-state index contributed by atoms with van der Waals surface area (Å²) >= 11 is 0. The molecule has 31 heavy (non-hydrogen) atoms.